The highest BCUT2D eigenvalue weighted by Gasteiger charge is 2.58. The predicted molar refractivity (Wildman–Crippen MR) is 83.4 cm³/mol. The molecule has 0 aliphatic rings. The number of aliphatic hydroxyl groups is 1. The van der Waals surface area contributed by atoms with Crippen molar-refractivity contribution in [1.29, 1.82) is 0 Å². The molecule has 0 radical (unpaired) electrons. The molecule has 25 heavy (non-hydrogen) atoms. The number of methoxy groups -OCH3 is 1. The van der Waals surface area contributed by atoms with Crippen LogP contribution in [0.25, 0.3) is 0 Å². The molecule has 0 fully saturated rings. The van der Waals surface area contributed by atoms with Crippen LogP contribution in [0.4, 0.5) is 0 Å². The van der Waals surface area contributed by atoms with Gasteiger partial charge in [-0.1, -0.05) is 0 Å². The molecule has 0 spiro atoms. The van der Waals surface area contributed by atoms with E-state index in [-0.39, 0.29) is 39.0 Å². The summed E-state index contributed by atoms with van der Waals surface area (Å²) < 4.78 is 31.6. The van der Waals surface area contributed by atoms with E-state index in [0.29, 0.717) is 0 Å². The van der Waals surface area contributed by atoms with Crippen molar-refractivity contribution in [3.8, 4) is 0 Å². The van der Waals surface area contributed by atoms with E-state index in [2.05, 4.69) is 10.1 Å². The molecule has 1 amide bonds. The second-order valence-electron chi connectivity index (χ2n) is 5.03. The Balaban J connectivity index is 4.22. The van der Waals surface area contributed by atoms with Crippen LogP contribution in [0.2, 0.25) is 0 Å². The summed E-state index contributed by atoms with van der Waals surface area (Å²) in [5.74, 6) is -1.18. The van der Waals surface area contributed by atoms with Crippen LogP contribution in [0.3, 0.4) is 0 Å². The second kappa shape index (κ2) is 10.3. The summed E-state index contributed by atoms with van der Waals surface area (Å²) in [6.07, 6.45) is -1.63. The molecular weight excluding hydrogens is 384 g/mol. The second-order valence-corrected chi connectivity index (χ2v) is 9.04. The molecule has 148 valence electrons. The molecule has 0 heterocycles. The van der Waals surface area contributed by atoms with Crippen molar-refractivity contribution in [1.82, 2.24) is 5.32 Å². The number of carbonyl (C=O) groups is 2. The first-order valence-electron chi connectivity index (χ1n) is 7.10. The van der Waals surface area contributed by atoms with Gasteiger partial charge in [0.05, 0.1) is 13.0 Å². The lowest BCUT2D eigenvalue weighted by atomic mass is 10.2. The topological polar surface area (TPSA) is 200 Å². The van der Waals surface area contributed by atoms with E-state index >= 15 is 0 Å². The Hall–Kier alpha value is -0.840. The minimum absolute atomic E-state index is 0.0558. The molecule has 0 saturated heterocycles. The van der Waals surface area contributed by atoms with Crippen molar-refractivity contribution in [3.05, 3.63) is 0 Å². The molecular formula is C11H23NO11P2. The first-order valence-corrected chi connectivity index (χ1v) is 10.3. The number of rotatable bonds is 12. The Morgan fingerprint density at radius 3 is 2.08 bits per heavy atom. The van der Waals surface area contributed by atoms with Crippen LogP contribution in [0.5, 0.6) is 0 Å². The van der Waals surface area contributed by atoms with E-state index < -0.39 is 38.6 Å². The zero-order valence-corrected chi connectivity index (χ0v) is 15.3. The lowest BCUT2D eigenvalue weighted by Gasteiger charge is -2.29. The fraction of sp³-hybridized carbons (Fsp3) is 0.818. The maximum atomic E-state index is 11.5. The standard InChI is InChI=1S/C11H23NO11P2/c1-22-7-8-23-10(14)4-3-9(13)12-6-2-5-11(15,24(16,17)18)25(19,20)21/h15H,2-8H2,1H3,(H,12,13)(H2,16,17,18)(H2,19,20,21). The van der Waals surface area contributed by atoms with Crippen LogP contribution in [0.1, 0.15) is 25.7 Å². The van der Waals surface area contributed by atoms with E-state index in [1.807, 2.05) is 0 Å². The van der Waals surface area contributed by atoms with Gasteiger partial charge in [-0.15, -0.1) is 0 Å². The molecule has 0 saturated carbocycles. The number of amides is 1. The van der Waals surface area contributed by atoms with Gasteiger partial charge in [0.1, 0.15) is 6.61 Å². The molecule has 0 rings (SSSR count). The van der Waals surface area contributed by atoms with E-state index in [9.17, 15) is 23.8 Å². The lowest BCUT2D eigenvalue weighted by Crippen LogP contribution is -2.31. The Kier molecular flexibility index (Phi) is 10.00. The zero-order valence-electron chi connectivity index (χ0n) is 13.5. The fourth-order valence-electron chi connectivity index (χ4n) is 1.63. The molecule has 0 aliphatic carbocycles. The monoisotopic (exact) mass is 407 g/mol. The van der Waals surface area contributed by atoms with Gasteiger partial charge in [-0.25, -0.2) is 0 Å². The molecule has 0 aromatic heterocycles. The zero-order chi connectivity index (χ0) is 19.7. The minimum atomic E-state index is -5.50. The Bertz CT molecular complexity index is 518. The average Bonchev–Trinajstić information content (AvgIpc) is 2.47. The van der Waals surface area contributed by atoms with Gasteiger partial charge in [0.25, 0.3) is 5.08 Å². The van der Waals surface area contributed by atoms with Crippen LogP contribution < -0.4 is 5.32 Å². The van der Waals surface area contributed by atoms with Gasteiger partial charge in [-0.3, -0.25) is 18.7 Å². The van der Waals surface area contributed by atoms with Crippen LogP contribution in [0.15, 0.2) is 0 Å². The van der Waals surface area contributed by atoms with Crippen LogP contribution in [-0.2, 0) is 28.2 Å². The normalized spacial score (nSPS) is 12.7. The number of hydrogen-bond acceptors (Lipinski definition) is 7. The van der Waals surface area contributed by atoms with Crippen molar-refractivity contribution in [2.75, 3.05) is 26.9 Å². The molecule has 0 aliphatic heterocycles. The van der Waals surface area contributed by atoms with Crippen molar-refractivity contribution in [3.63, 3.8) is 0 Å². The number of ether oxygens (including phenoxy) is 2. The van der Waals surface area contributed by atoms with E-state index in [0.717, 1.165) is 0 Å². The molecule has 6 N–H and O–H groups in total. The van der Waals surface area contributed by atoms with Crippen molar-refractivity contribution < 1.29 is 52.9 Å². The fourth-order valence-corrected chi connectivity index (χ4v) is 3.89. The smallest absolute Gasteiger partial charge is 0.369 e. The molecule has 12 nitrogen and oxygen atoms in total. The molecule has 0 unspecified atom stereocenters. The summed E-state index contributed by atoms with van der Waals surface area (Å²) in [6.45, 7) is 0.0696. The van der Waals surface area contributed by atoms with E-state index in [1.54, 1.807) is 0 Å². The molecule has 0 bridgehead atoms. The third-order valence-electron chi connectivity index (χ3n) is 3.05. The Morgan fingerprint density at radius 1 is 1.04 bits per heavy atom. The number of nitrogens with one attached hydrogen (secondary N) is 1. The first-order chi connectivity index (χ1) is 11.3. The van der Waals surface area contributed by atoms with Gasteiger partial charge in [-0.2, -0.15) is 0 Å². The van der Waals surface area contributed by atoms with Gasteiger partial charge < -0.3 is 39.5 Å². The van der Waals surface area contributed by atoms with Crippen LogP contribution in [0, 0.1) is 0 Å². The maximum Gasteiger partial charge on any atom is 0.369 e. The summed E-state index contributed by atoms with van der Waals surface area (Å²) in [5.41, 5.74) is 0. The summed E-state index contributed by atoms with van der Waals surface area (Å²) in [5, 5.41) is 8.41. The average molecular weight is 407 g/mol. The largest absolute Gasteiger partial charge is 0.463 e. The third kappa shape index (κ3) is 8.39. The number of esters is 1. The molecule has 0 aromatic carbocycles. The van der Waals surface area contributed by atoms with Crippen molar-refractivity contribution >= 4 is 27.1 Å². The van der Waals surface area contributed by atoms with E-state index in [4.69, 9.17) is 24.3 Å². The van der Waals surface area contributed by atoms with Crippen LogP contribution in [-0.4, -0.2) is 68.5 Å². The van der Waals surface area contributed by atoms with Gasteiger partial charge in [0, 0.05) is 26.5 Å². The van der Waals surface area contributed by atoms with Crippen LogP contribution >= 0.6 is 15.2 Å². The number of carbonyl (C=O) groups excluding carboxylic acids is 2. The highest BCUT2D eigenvalue weighted by molar-refractivity contribution is 7.72. The predicted octanol–water partition coefficient (Wildman–Crippen LogP) is -1.15. The van der Waals surface area contributed by atoms with Gasteiger partial charge >= 0.3 is 21.2 Å². The summed E-state index contributed by atoms with van der Waals surface area (Å²) in [6, 6.07) is 0. The molecule has 14 heteroatoms. The third-order valence-corrected chi connectivity index (χ3v) is 6.93. The van der Waals surface area contributed by atoms with Gasteiger partial charge in [-0.05, 0) is 6.42 Å². The Morgan fingerprint density at radius 2 is 1.60 bits per heavy atom. The first kappa shape index (κ1) is 24.2. The lowest BCUT2D eigenvalue weighted by molar-refractivity contribution is -0.146. The summed E-state index contributed by atoms with van der Waals surface area (Å²) in [7, 11) is -9.58. The Labute approximate surface area is 143 Å². The van der Waals surface area contributed by atoms with Gasteiger partial charge in [0.2, 0.25) is 5.91 Å². The highest BCUT2D eigenvalue weighted by atomic mass is 31.2. The quantitative estimate of drug-likeness (QED) is 0.130. The maximum absolute atomic E-state index is 11.5. The van der Waals surface area contributed by atoms with E-state index in [1.165, 1.54) is 7.11 Å². The van der Waals surface area contributed by atoms with Crippen molar-refractivity contribution in [2.24, 2.45) is 0 Å². The summed E-state index contributed by atoms with van der Waals surface area (Å²) in [4.78, 5) is 58.5. The van der Waals surface area contributed by atoms with Gasteiger partial charge in [0.15, 0.2) is 0 Å². The highest BCUT2D eigenvalue weighted by Crippen LogP contribution is 2.69. The number of hydrogen-bond donors (Lipinski definition) is 6. The SMILES string of the molecule is COCCOC(=O)CCC(=O)NCCCC(O)(P(=O)(O)O)P(=O)(O)O. The minimum Gasteiger partial charge on any atom is -0.463 e. The van der Waals surface area contributed by atoms with Crippen molar-refractivity contribution in [2.45, 2.75) is 30.8 Å². The molecule has 0 aromatic rings. The molecule has 0 atom stereocenters. The summed E-state index contributed by atoms with van der Waals surface area (Å²) >= 11 is 0.